The molecule has 2 heterocycles. The van der Waals surface area contributed by atoms with Crippen LogP contribution in [0, 0.1) is 0 Å². The van der Waals surface area contributed by atoms with Crippen molar-refractivity contribution in [3.8, 4) is 0 Å². The number of nitrogens with zero attached hydrogens (tertiary/aromatic N) is 2. The van der Waals surface area contributed by atoms with E-state index >= 15 is 0 Å². The predicted molar refractivity (Wildman–Crippen MR) is 137 cm³/mol. The first-order chi connectivity index (χ1) is 17.1. The molecule has 0 aliphatic carbocycles. The van der Waals surface area contributed by atoms with Gasteiger partial charge in [0, 0.05) is 37.7 Å². The van der Waals surface area contributed by atoms with Gasteiger partial charge >= 0.3 is 6.09 Å². The van der Waals surface area contributed by atoms with Crippen LogP contribution in [0.3, 0.4) is 0 Å². The molecule has 1 aromatic carbocycles. The number of morpholine rings is 1. The highest BCUT2D eigenvalue weighted by Gasteiger charge is 2.28. The fraction of sp³-hybridized carbons (Fsp3) is 0.500. The maximum Gasteiger partial charge on any atom is 0.410 e. The lowest BCUT2D eigenvalue weighted by atomic mass is 10.0. The number of nitrogens with one attached hydrogen (secondary N) is 1. The Labute approximate surface area is 213 Å². The maximum absolute atomic E-state index is 13.0. The third-order valence-electron chi connectivity index (χ3n) is 5.86. The molecular weight excluding hydrogens is 458 g/mol. The van der Waals surface area contributed by atoms with E-state index in [2.05, 4.69) is 10.3 Å². The van der Waals surface area contributed by atoms with Gasteiger partial charge in [-0.05, 0) is 51.3 Å². The number of rotatable bonds is 9. The molecule has 1 atom stereocenters. The Morgan fingerprint density at radius 3 is 2.58 bits per heavy atom. The van der Waals surface area contributed by atoms with E-state index in [0.717, 1.165) is 18.4 Å². The molecule has 8 heteroatoms. The minimum Gasteiger partial charge on any atom is -0.444 e. The number of ether oxygens (including phenoxy) is 2. The molecule has 1 fully saturated rings. The van der Waals surface area contributed by atoms with E-state index in [1.165, 1.54) is 0 Å². The Morgan fingerprint density at radius 1 is 1.14 bits per heavy atom. The number of hydrogen-bond acceptors (Lipinski definition) is 6. The van der Waals surface area contributed by atoms with Crippen molar-refractivity contribution in [1.29, 1.82) is 0 Å². The molecule has 36 heavy (non-hydrogen) atoms. The van der Waals surface area contributed by atoms with Crippen molar-refractivity contribution < 1.29 is 23.9 Å². The number of unbranched alkanes of at least 4 members (excludes halogenated alkanes) is 1. The molecular formula is C28H37N3O5. The summed E-state index contributed by atoms with van der Waals surface area (Å²) in [6.45, 7) is 7.05. The van der Waals surface area contributed by atoms with E-state index in [9.17, 15) is 14.4 Å². The number of carbonyl (C=O) groups excluding carboxylic acids is 3. The zero-order chi connectivity index (χ0) is 26.1. The Hall–Kier alpha value is -3.26. The second-order valence-corrected chi connectivity index (χ2v) is 10.1. The molecule has 2 amide bonds. The molecule has 3 rings (SSSR count). The minimum atomic E-state index is -0.531. The summed E-state index contributed by atoms with van der Waals surface area (Å²) in [4.78, 5) is 43.7. The molecule has 194 valence electrons. The molecule has 0 saturated carbocycles. The molecule has 8 nitrogen and oxygen atoms in total. The van der Waals surface area contributed by atoms with Crippen LogP contribution in [0.5, 0.6) is 0 Å². The molecule has 1 N–H and O–H groups in total. The van der Waals surface area contributed by atoms with Gasteiger partial charge in [-0.3, -0.25) is 9.59 Å². The van der Waals surface area contributed by atoms with Gasteiger partial charge in [-0.15, -0.1) is 0 Å². The fourth-order valence-electron chi connectivity index (χ4n) is 4.08. The van der Waals surface area contributed by atoms with Gasteiger partial charge < -0.3 is 19.7 Å². The minimum absolute atomic E-state index is 0.0168. The first-order valence-corrected chi connectivity index (χ1v) is 12.5. The third kappa shape index (κ3) is 8.45. The molecule has 1 saturated heterocycles. The molecule has 2 aromatic rings. The normalized spacial score (nSPS) is 15.9. The average Bonchev–Trinajstić information content (AvgIpc) is 2.85. The Bertz CT molecular complexity index is 1050. The van der Waals surface area contributed by atoms with Crippen LogP contribution < -0.4 is 5.32 Å². The summed E-state index contributed by atoms with van der Waals surface area (Å²) in [6, 6.07) is 13.2. The largest absolute Gasteiger partial charge is 0.444 e. The maximum atomic E-state index is 13.0. The summed E-state index contributed by atoms with van der Waals surface area (Å²) in [6.07, 6.45) is 2.76. The summed E-state index contributed by atoms with van der Waals surface area (Å²) in [5, 5.41) is 2.59. The van der Waals surface area contributed by atoms with Crippen LogP contribution >= 0.6 is 0 Å². The van der Waals surface area contributed by atoms with E-state index in [1.807, 2.05) is 51.1 Å². The number of aromatic nitrogens is 1. The van der Waals surface area contributed by atoms with Crippen LogP contribution in [0.2, 0.25) is 0 Å². The molecule has 0 unspecified atom stereocenters. The van der Waals surface area contributed by atoms with Crippen LogP contribution in [-0.2, 0) is 15.9 Å². The lowest BCUT2D eigenvalue weighted by Crippen LogP contribution is -2.47. The van der Waals surface area contributed by atoms with Crippen molar-refractivity contribution in [2.45, 2.75) is 64.6 Å². The van der Waals surface area contributed by atoms with Crippen LogP contribution in [-0.4, -0.2) is 66.1 Å². The SMILES string of the molecule is CNC(=O)c1cc(C(=O)CCCC[C@H]2CN(C(=O)OC(C)(C)C)CCO2)cc(Cc2ccccc2)n1. The summed E-state index contributed by atoms with van der Waals surface area (Å²) in [7, 11) is 1.55. The summed E-state index contributed by atoms with van der Waals surface area (Å²) >= 11 is 0. The summed E-state index contributed by atoms with van der Waals surface area (Å²) in [5.74, 6) is -0.334. The smallest absolute Gasteiger partial charge is 0.410 e. The number of amides is 2. The average molecular weight is 496 g/mol. The number of pyridine rings is 1. The van der Waals surface area contributed by atoms with Crippen LogP contribution in [0.1, 0.15) is 78.6 Å². The standard InChI is InChI=1S/C28H37N3O5/c1-28(2,3)36-27(34)31-14-15-35-23(19-31)12-8-9-13-25(32)21-17-22(16-20-10-6-5-7-11-20)30-24(18-21)26(33)29-4/h5-7,10-11,17-18,23H,8-9,12-16,19H2,1-4H3,(H,29,33)/t23-/m0/s1. The number of carbonyl (C=O) groups is 3. The van der Waals surface area contributed by atoms with Crippen LogP contribution in [0.4, 0.5) is 4.79 Å². The van der Waals surface area contributed by atoms with Crippen molar-refractivity contribution in [3.63, 3.8) is 0 Å². The quantitative estimate of drug-likeness (QED) is 0.409. The highest BCUT2D eigenvalue weighted by molar-refractivity contribution is 5.99. The lowest BCUT2D eigenvalue weighted by Gasteiger charge is -2.34. The van der Waals surface area contributed by atoms with Crippen LogP contribution in [0.25, 0.3) is 0 Å². The van der Waals surface area contributed by atoms with E-state index in [0.29, 0.717) is 50.2 Å². The van der Waals surface area contributed by atoms with Gasteiger partial charge in [-0.2, -0.15) is 0 Å². The zero-order valence-corrected chi connectivity index (χ0v) is 21.7. The van der Waals surface area contributed by atoms with Gasteiger partial charge in [0.25, 0.3) is 5.91 Å². The van der Waals surface area contributed by atoms with Crippen molar-refractivity contribution in [3.05, 3.63) is 65.0 Å². The topological polar surface area (TPSA) is 97.8 Å². The summed E-state index contributed by atoms with van der Waals surface area (Å²) in [5.41, 5.74) is 1.96. The lowest BCUT2D eigenvalue weighted by molar-refractivity contribution is -0.0451. The predicted octanol–water partition coefficient (Wildman–Crippen LogP) is 4.41. The van der Waals surface area contributed by atoms with E-state index in [-0.39, 0.29) is 29.6 Å². The number of ketones is 1. The first kappa shape index (κ1) is 27.3. The van der Waals surface area contributed by atoms with Crippen molar-refractivity contribution in [2.75, 3.05) is 26.7 Å². The van der Waals surface area contributed by atoms with Crippen molar-refractivity contribution in [1.82, 2.24) is 15.2 Å². The zero-order valence-electron chi connectivity index (χ0n) is 21.7. The highest BCUT2D eigenvalue weighted by Crippen LogP contribution is 2.18. The Kier molecular flexibility index (Phi) is 9.58. The molecule has 0 radical (unpaired) electrons. The molecule has 1 aliphatic heterocycles. The van der Waals surface area contributed by atoms with Gasteiger partial charge in [-0.1, -0.05) is 36.8 Å². The monoisotopic (exact) mass is 495 g/mol. The van der Waals surface area contributed by atoms with Gasteiger partial charge in [-0.25, -0.2) is 9.78 Å². The van der Waals surface area contributed by atoms with E-state index in [4.69, 9.17) is 9.47 Å². The number of hydrogen-bond donors (Lipinski definition) is 1. The van der Waals surface area contributed by atoms with Gasteiger partial charge in [0.2, 0.25) is 0 Å². The van der Waals surface area contributed by atoms with Crippen LogP contribution in [0.15, 0.2) is 42.5 Å². The molecule has 1 aliphatic rings. The molecule has 0 spiro atoms. The van der Waals surface area contributed by atoms with E-state index in [1.54, 1.807) is 24.1 Å². The second-order valence-electron chi connectivity index (χ2n) is 10.1. The first-order valence-electron chi connectivity index (χ1n) is 12.5. The van der Waals surface area contributed by atoms with E-state index < -0.39 is 5.60 Å². The highest BCUT2D eigenvalue weighted by atomic mass is 16.6. The molecule has 1 aromatic heterocycles. The van der Waals surface area contributed by atoms with Crippen molar-refractivity contribution in [2.24, 2.45) is 0 Å². The van der Waals surface area contributed by atoms with Gasteiger partial charge in [0.1, 0.15) is 11.3 Å². The second kappa shape index (κ2) is 12.6. The Balaban J connectivity index is 1.54. The number of Topliss-reactive ketones (excluding diaryl/α,β-unsaturated/α-hetero) is 1. The fourth-order valence-corrected chi connectivity index (χ4v) is 4.08. The molecule has 0 bridgehead atoms. The summed E-state index contributed by atoms with van der Waals surface area (Å²) < 4.78 is 11.3. The van der Waals surface area contributed by atoms with Gasteiger partial charge in [0.05, 0.1) is 19.3 Å². The van der Waals surface area contributed by atoms with Crippen molar-refractivity contribution >= 4 is 17.8 Å². The number of benzene rings is 1. The Morgan fingerprint density at radius 2 is 1.89 bits per heavy atom. The third-order valence-corrected chi connectivity index (χ3v) is 5.86. The van der Waals surface area contributed by atoms with Gasteiger partial charge in [0.15, 0.2) is 5.78 Å².